The summed E-state index contributed by atoms with van der Waals surface area (Å²) in [5.74, 6) is -0.483. The molecule has 0 aliphatic carbocycles. The number of aromatic nitrogens is 2. The summed E-state index contributed by atoms with van der Waals surface area (Å²) >= 11 is 0. The second-order valence-corrected chi connectivity index (χ2v) is 4.07. The Morgan fingerprint density at radius 2 is 2.37 bits per heavy atom. The fourth-order valence-corrected chi connectivity index (χ4v) is 1.87. The van der Waals surface area contributed by atoms with E-state index >= 15 is 0 Å². The lowest BCUT2D eigenvalue weighted by atomic mass is 10.2. The summed E-state index contributed by atoms with van der Waals surface area (Å²) in [5, 5.41) is 29.2. The molecule has 0 bridgehead atoms. The summed E-state index contributed by atoms with van der Waals surface area (Å²) in [4.78, 5) is 24.9. The number of hydrogen-bond acceptors (Lipinski definition) is 8. The van der Waals surface area contributed by atoms with Crippen molar-refractivity contribution in [3.05, 3.63) is 26.8 Å². The second-order valence-electron chi connectivity index (χ2n) is 4.07. The molecule has 2 rings (SSSR count). The Kier molecular flexibility index (Phi) is 3.46. The minimum Gasteiger partial charge on any atom is -0.394 e. The van der Waals surface area contributed by atoms with Gasteiger partial charge in [0.15, 0.2) is 0 Å². The van der Waals surface area contributed by atoms with Crippen molar-refractivity contribution in [2.75, 3.05) is 12.3 Å². The number of aliphatic hydroxyl groups is 2. The van der Waals surface area contributed by atoms with Crippen molar-refractivity contribution in [3.63, 3.8) is 0 Å². The summed E-state index contributed by atoms with van der Waals surface area (Å²) < 4.78 is 6.11. The highest BCUT2D eigenvalue weighted by Gasteiger charge is 2.35. The number of ether oxygens (including phenoxy) is 1. The fourth-order valence-electron chi connectivity index (χ4n) is 1.87. The first-order valence-electron chi connectivity index (χ1n) is 5.41. The van der Waals surface area contributed by atoms with Crippen molar-refractivity contribution in [3.8, 4) is 0 Å². The molecule has 10 heteroatoms. The lowest BCUT2D eigenvalue weighted by Crippen LogP contribution is -2.28. The van der Waals surface area contributed by atoms with Gasteiger partial charge in [-0.1, -0.05) is 0 Å². The van der Waals surface area contributed by atoms with Crippen molar-refractivity contribution in [2.45, 2.75) is 24.9 Å². The lowest BCUT2D eigenvalue weighted by Gasteiger charge is -2.14. The molecule has 3 atom stereocenters. The number of rotatable bonds is 3. The van der Waals surface area contributed by atoms with Crippen LogP contribution in [-0.4, -0.2) is 43.5 Å². The molecule has 0 spiro atoms. The van der Waals surface area contributed by atoms with Crippen molar-refractivity contribution in [1.29, 1.82) is 0 Å². The molecule has 0 saturated carbocycles. The van der Waals surface area contributed by atoms with Crippen LogP contribution in [0.5, 0.6) is 0 Å². The van der Waals surface area contributed by atoms with Crippen molar-refractivity contribution < 1.29 is 19.9 Å². The van der Waals surface area contributed by atoms with Gasteiger partial charge in [0, 0.05) is 6.42 Å². The minimum absolute atomic E-state index is 0.0217. The molecule has 1 saturated heterocycles. The number of nitrogens with two attached hydrogens (primary N) is 1. The van der Waals surface area contributed by atoms with Crippen LogP contribution >= 0.6 is 0 Å². The average molecular weight is 272 g/mol. The lowest BCUT2D eigenvalue weighted by molar-refractivity contribution is -0.384. The van der Waals surface area contributed by atoms with E-state index < -0.39 is 47.2 Å². The Labute approximate surface area is 106 Å². The summed E-state index contributed by atoms with van der Waals surface area (Å²) in [6, 6.07) is 0. The van der Waals surface area contributed by atoms with E-state index in [0.717, 1.165) is 10.8 Å². The first-order chi connectivity index (χ1) is 8.93. The van der Waals surface area contributed by atoms with Gasteiger partial charge >= 0.3 is 11.4 Å². The predicted octanol–water partition coefficient (Wildman–Crippen LogP) is -1.63. The highest BCUT2D eigenvalue weighted by molar-refractivity contribution is 5.49. The van der Waals surface area contributed by atoms with Gasteiger partial charge in [0.05, 0.1) is 23.8 Å². The molecule has 0 amide bonds. The topological polar surface area (TPSA) is 154 Å². The number of aliphatic hydroxyl groups excluding tert-OH is 2. The Hall–Kier alpha value is -2.04. The van der Waals surface area contributed by atoms with Gasteiger partial charge in [0.1, 0.15) is 12.3 Å². The van der Waals surface area contributed by atoms with Gasteiger partial charge in [-0.15, -0.1) is 0 Å². The molecule has 1 aliphatic heterocycles. The zero-order valence-corrected chi connectivity index (χ0v) is 9.67. The smallest absolute Gasteiger partial charge is 0.352 e. The SMILES string of the molecule is Nc1nc(=O)n([C@@H]2C[C@@H](O)[C@H](CO)O2)cc1[N+](=O)[O-]. The summed E-state index contributed by atoms with van der Waals surface area (Å²) in [7, 11) is 0. The number of nitrogens with zero attached hydrogens (tertiary/aromatic N) is 3. The maximum Gasteiger partial charge on any atom is 0.352 e. The highest BCUT2D eigenvalue weighted by atomic mass is 16.6. The Morgan fingerprint density at radius 3 is 2.89 bits per heavy atom. The summed E-state index contributed by atoms with van der Waals surface area (Å²) in [5.41, 5.74) is 3.93. The number of anilines is 1. The zero-order chi connectivity index (χ0) is 14.2. The first-order valence-corrected chi connectivity index (χ1v) is 5.41. The van der Waals surface area contributed by atoms with E-state index in [2.05, 4.69) is 4.98 Å². The molecule has 10 nitrogen and oxygen atoms in total. The number of nitro groups is 1. The quantitative estimate of drug-likeness (QED) is 0.438. The zero-order valence-electron chi connectivity index (χ0n) is 9.67. The number of nitrogen functional groups attached to an aromatic ring is 1. The molecule has 1 aliphatic rings. The van der Waals surface area contributed by atoms with Gasteiger partial charge in [-0.2, -0.15) is 4.98 Å². The number of hydrogen-bond donors (Lipinski definition) is 3. The van der Waals surface area contributed by atoms with E-state index in [4.69, 9.17) is 15.6 Å². The van der Waals surface area contributed by atoms with E-state index in [1.807, 2.05) is 0 Å². The monoisotopic (exact) mass is 272 g/mol. The molecule has 4 N–H and O–H groups in total. The molecule has 0 unspecified atom stereocenters. The van der Waals surface area contributed by atoms with Gasteiger partial charge in [-0.05, 0) is 0 Å². The largest absolute Gasteiger partial charge is 0.394 e. The maximum absolute atomic E-state index is 11.6. The minimum atomic E-state index is -0.960. The van der Waals surface area contributed by atoms with Gasteiger partial charge in [0.2, 0.25) is 5.82 Å². The Balaban J connectivity index is 2.38. The molecule has 1 aromatic rings. The average Bonchev–Trinajstić information content (AvgIpc) is 2.69. The third-order valence-electron chi connectivity index (χ3n) is 2.85. The van der Waals surface area contributed by atoms with Gasteiger partial charge in [0.25, 0.3) is 0 Å². The normalized spacial score (nSPS) is 26.5. The van der Waals surface area contributed by atoms with Crippen LogP contribution in [0.4, 0.5) is 11.5 Å². The molecular formula is C9H12N4O6. The molecule has 1 aromatic heterocycles. The van der Waals surface area contributed by atoms with E-state index in [1.165, 1.54) is 0 Å². The molecule has 2 heterocycles. The van der Waals surface area contributed by atoms with Gasteiger partial charge in [-0.3, -0.25) is 14.7 Å². The maximum atomic E-state index is 11.6. The van der Waals surface area contributed by atoms with Crippen LogP contribution < -0.4 is 11.4 Å². The summed E-state index contributed by atoms with van der Waals surface area (Å²) in [6.07, 6.45) is -1.78. The van der Waals surface area contributed by atoms with Crippen molar-refractivity contribution >= 4 is 11.5 Å². The molecule has 104 valence electrons. The van der Waals surface area contributed by atoms with Crippen molar-refractivity contribution in [2.24, 2.45) is 0 Å². The van der Waals surface area contributed by atoms with Crippen LogP contribution in [0.25, 0.3) is 0 Å². The first kappa shape index (κ1) is 13.4. The summed E-state index contributed by atoms with van der Waals surface area (Å²) in [6.45, 7) is -0.420. The molecule has 0 radical (unpaired) electrons. The van der Waals surface area contributed by atoms with Gasteiger partial charge < -0.3 is 20.7 Å². The highest BCUT2D eigenvalue weighted by Crippen LogP contribution is 2.28. The standard InChI is InChI=1S/C9H12N4O6/c10-8-4(13(17)18)2-12(9(16)11-8)7-1-5(15)6(3-14)19-7/h2,5-7,14-15H,1,3H2,(H2,10,11,16)/t5-,6+,7+/m1/s1. The van der Waals surface area contributed by atoms with E-state index in [0.29, 0.717) is 0 Å². The predicted molar refractivity (Wildman–Crippen MR) is 61.2 cm³/mol. The van der Waals surface area contributed by atoms with Crippen molar-refractivity contribution in [1.82, 2.24) is 9.55 Å². The molecular weight excluding hydrogens is 260 g/mol. The van der Waals surface area contributed by atoms with E-state index in [-0.39, 0.29) is 6.42 Å². The van der Waals surface area contributed by atoms with Gasteiger partial charge in [-0.25, -0.2) is 4.79 Å². The van der Waals surface area contributed by atoms with Crippen LogP contribution in [0.2, 0.25) is 0 Å². The van der Waals surface area contributed by atoms with Crippen LogP contribution in [0.1, 0.15) is 12.6 Å². The Morgan fingerprint density at radius 1 is 1.68 bits per heavy atom. The third-order valence-corrected chi connectivity index (χ3v) is 2.85. The molecule has 1 fully saturated rings. The van der Waals surface area contributed by atoms with Crippen LogP contribution in [0.15, 0.2) is 11.0 Å². The molecule has 0 aromatic carbocycles. The van der Waals surface area contributed by atoms with Crippen LogP contribution in [0, 0.1) is 10.1 Å². The second kappa shape index (κ2) is 4.91. The Bertz CT molecular complexity index is 558. The van der Waals surface area contributed by atoms with Crippen LogP contribution in [0.3, 0.4) is 0 Å². The molecule has 19 heavy (non-hydrogen) atoms. The van der Waals surface area contributed by atoms with E-state index in [1.54, 1.807) is 0 Å². The third kappa shape index (κ3) is 2.41. The van der Waals surface area contributed by atoms with E-state index in [9.17, 15) is 20.0 Å². The van der Waals surface area contributed by atoms with Crippen LogP contribution in [-0.2, 0) is 4.74 Å². The fraction of sp³-hybridized carbons (Fsp3) is 0.556.